The number of rotatable bonds is 4. The molecular formula is C9H16N4O. The van der Waals surface area contributed by atoms with Crippen molar-refractivity contribution >= 4 is 17.4 Å². The summed E-state index contributed by atoms with van der Waals surface area (Å²) in [6, 6.07) is 0. The molecule has 0 bridgehead atoms. The smallest absolute Gasteiger partial charge is 0.225 e. The highest BCUT2D eigenvalue weighted by Gasteiger charge is 2.09. The minimum Gasteiger partial charge on any atom is -0.394 e. The molecule has 0 aliphatic rings. The molecule has 0 radical (unpaired) electrons. The highest BCUT2D eigenvalue weighted by atomic mass is 16.1. The van der Waals surface area contributed by atoms with Gasteiger partial charge in [0.15, 0.2) is 5.82 Å². The first-order chi connectivity index (χ1) is 6.63. The van der Waals surface area contributed by atoms with Crippen LogP contribution in [-0.2, 0) is 4.79 Å². The van der Waals surface area contributed by atoms with Crippen LogP contribution in [0.15, 0.2) is 6.20 Å². The Morgan fingerprint density at radius 1 is 1.79 bits per heavy atom. The fourth-order valence-electron chi connectivity index (χ4n) is 1.05. The van der Waals surface area contributed by atoms with Gasteiger partial charge in [-0.2, -0.15) is 5.10 Å². The number of nitrogen functional groups attached to an aromatic ring is 1. The number of nitrogens with one attached hydrogen (secondary N) is 2. The normalized spacial score (nSPS) is 12.4. The van der Waals surface area contributed by atoms with E-state index in [0.717, 1.165) is 6.42 Å². The van der Waals surface area contributed by atoms with Gasteiger partial charge in [-0.15, -0.1) is 0 Å². The molecule has 0 aliphatic carbocycles. The number of aromatic nitrogens is 2. The molecule has 1 heterocycles. The Labute approximate surface area is 83.1 Å². The first-order valence-corrected chi connectivity index (χ1v) is 4.72. The summed E-state index contributed by atoms with van der Waals surface area (Å²) in [5, 5.41) is 9.00. The van der Waals surface area contributed by atoms with E-state index in [1.165, 1.54) is 6.20 Å². The standard InChI is InChI=1S/C9H16N4O/c1-3-6(2)4-8(14)12-9-7(10)5-11-13-9/h5-6H,3-4,10H2,1-2H3,(H2,11,12,13,14). The summed E-state index contributed by atoms with van der Waals surface area (Å²) in [5.41, 5.74) is 6.00. The van der Waals surface area contributed by atoms with E-state index in [4.69, 9.17) is 5.73 Å². The molecule has 0 fully saturated rings. The number of nitrogens with zero attached hydrogens (tertiary/aromatic N) is 1. The summed E-state index contributed by atoms with van der Waals surface area (Å²) < 4.78 is 0. The Balaban J connectivity index is 2.45. The van der Waals surface area contributed by atoms with Crippen LogP contribution in [0.25, 0.3) is 0 Å². The van der Waals surface area contributed by atoms with Crippen molar-refractivity contribution in [1.29, 1.82) is 0 Å². The number of hydrogen-bond acceptors (Lipinski definition) is 3. The van der Waals surface area contributed by atoms with E-state index in [0.29, 0.717) is 23.8 Å². The van der Waals surface area contributed by atoms with Crippen molar-refractivity contribution in [2.24, 2.45) is 5.92 Å². The molecule has 0 aliphatic heterocycles. The van der Waals surface area contributed by atoms with Crippen LogP contribution in [0.5, 0.6) is 0 Å². The minimum atomic E-state index is -0.0321. The van der Waals surface area contributed by atoms with Gasteiger partial charge in [0.05, 0.1) is 11.9 Å². The second-order valence-corrected chi connectivity index (χ2v) is 3.47. The average Bonchev–Trinajstić information content (AvgIpc) is 2.51. The maximum Gasteiger partial charge on any atom is 0.225 e. The summed E-state index contributed by atoms with van der Waals surface area (Å²) in [5.74, 6) is 0.841. The lowest BCUT2D eigenvalue weighted by atomic mass is 10.1. The van der Waals surface area contributed by atoms with Gasteiger partial charge in [0, 0.05) is 6.42 Å². The van der Waals surface area contributed by atoms with Crippen LogP contribution in [-0.4, -0.2) is 16.1 Å². The van der Waals surface area contributed by atoms with Crippen LogP contribution in [0.3, 0.4) is 0 Å². The van der Waals surface area contributed by atoms with E-state index >= 15 is 0 Å². The Morgan fingerprint density at radius 2 is 2.50 bits per heavy atom. The second kappa shape index (κ2) is 4.64. The molecule has 1 aromatic rings. The quantitative estimate of drug-likeness (QED) is 0.680. The number of amides is 1. The SMILES string of the molecule is CCC(C)CC(=O)Nc1[nH]ncc1N. The molecular weight excluding hydrogens is 180 g/mol. The van der Waals surface area contributed by atoms with E-state index in [2.05, 4.69) is 22.4 Å². The fraction of sp³-hybridized carbons (Fsp3) is 0.556. The molecule has 1 atom stereocenters. The van der Waals surface area contributed by atoms with Crippen LogP contribution in [0.2, 0.25) is 0 Å². The van der Waals surface area contributed by atoms with Crippen molar-refractivity contribution in [2.45, 2.75) is 26.7 Å². The Bertz CT molecular complexity index is 308. The topological polar surface area (TPSA) is 83.8 Å². The lowest BCUT2D eigenvalue weighted by molar-refractivity contribution is -0.117. The van der Waals surface area contributed by atoms with Gasteiger partial charge in [0.25, 0.3) is 0 Å². The molecule has 14 heavy (non-hydrogen) atoms. The van der Waals surface area contributed by atoms with E-state index < -0.39 is 0 Å². The highest BCUT2D eigenvalue weighted by molar-refractivity contribution is 5.92. The van der Waals surface area contributed by atoms with Gasteiger partial charge < -0.3 is 11.1 Å². The molecule has 0 aromatic carbocycles. The molecule has 4 N–H and O–H groups in total. The Hall–Kier alpha value is -1.52. The number of carbonyl (C=O) groups is 1. The molecule has 0 saturated heterocycles. The molecule has 1 rings (SSSR count). The average molecular weight is 196 g/mol. The molecule has 0 saturated carbocycles. The molecule has 1 amide bonds. The third-order valence-corrected chi connectivity index (χ3v) is 2.16. The van der Waals surface area contributed by atoms with Gasteiger partial charge in [0.2, 0.25) is 5.91 Å². The number of nitrogens with two attached hydrogens (primary N) is 1. The zero-order valence-corrected chi connectivity index (χ0v) is 8.50. The van der Waals surface area contributed by atoms with Crippen molar-refractivity contribution < 1.29 is 4.79 Å². The summed E-state index contributed by atoms with van der Waals surface area (Å²) in [6.45, 7) is 4.10. The van der Waals surface area contributed by atoms with Gasteiger partial charge in [-0.1, -0.05) is 20.3 Å². The van der Waals surface area contributed by atoms with Crippen molar-refractivity contribution in [3.8, 4) is 0 Å². The Morgan fingerprint density at radius 3 is 3.00 bits per heavy atom. The zero-order valence-electron chi connectivity index (χ0n) is 8.50. The van der Waals surface area contributed by atoms with Crippen LogP contribution in [0.4, 0.5) is 11.5 Å². The van der Waals surface area contributed by atoms with Crippen molar-refractivity contribution in [2.75, 3.05) is 11.1 Å². The largest absolute Gasteiger partial charge is 0.394 e. The van der Waals surface area contributed by atoms with Crippen LogP contribution < -0.4 is 11.1 Å². The monoisotopic (exact) mass is 196 g/mol. The first-order valence-electron chi connectivity index (χ1n) is 4.72. The third kappa shape index (κ3) is 2.76. The fourth-order valence-corrected chi connectivity index (χ4v) is 1.05. The van der Waals surface area contributed by atoms with E-state index in [9.17, 15) is 4.79 Å². The summed E-state index contributed by atoms with van der Waals surface area (Å²) in [7, 11) is 0. The minimum absolute atomic E-state index is 0.0321. The van der Waals surface area contributed by atoms with Crippen molar-refractivity contribution in [3.05, 3.63) is 6.20 Å². The van der Waals surface area contributed by atoms with E-state index in [1.807, 2.05) is 6.92 Å². The first kappa shape index (κ1) is 10.6. The highest BCUT2D eigenvalue weighted by Crippen LogP contribution is 2.14. The zero-order chi connectivity index (χ0) is 10.6. The molecule has 5 nitrogen and oxygen atoms in total. The van der Waals surface area contributed by atoms with Gasteiger partial charge in [-0.25, -0.2) is 0 Å². The number of aromatic amines is 1. The predicted octanol–water partition coefficient (Wildman–Crippen LogP) is 1.37. The number of anilines is 2. The number of hydrogen-bond donors (Lipinski definition) is 3. The van der Waals surface area contributed by atoms with Crippen molar-refractivity contribution in [1.82, 2.24) is 10.2 Å². The predicted molar refractivity (Wildman–Crippen MR) is 55.7 cm³/mol. The lowest BCUT2D eigenvalue weighted by Gasteiger charge is -2.07. The maximum atomic E-state index is 11.4. The second-order valence-electron chi connectivity index (χ2n) is 3.47. The molecule has 78 valence electrons. The maximum absolute atomic E-state index is 11.4. The Kier molecular flexibility index (Phi) is 3.50. The third-order valence-electron chi connectivity index (χ3n) is 2.16. The summed E-state index contributed by atoms with van der Waals surface area (Å²) >= 11 is 0. The van der Waals surface area contributed by atoms with Gasteiger partial charge in [-0.05, 0) is 5.92 Å². The van der Waals surface area contributed by atoms with Crippen molar-refractivity contribution in [3.63, 3.8) is 0 Å². The van der Waals surface area contributed by atoms with Gasteiger partial charge in [-0.3, -0.25) is 9.89 Å². The van der Waals surface area contributed by atoms with E-state index in [1.54, 1.807) is 0 Å². The number of carbonyl (C=O) groups excluding carboxylic acids is 1. The summed E-state index contributed by atoms with van der Waals surface area (Å²) in [6.07, 6.45) is 2.97. The van der Waals surface area contributed by atoms with Gasteiger partial charge >= 0.3 is 0 Å². The molecule has 0 spiro atoms. The lowest BCUT2D eigenvalue weighted by Crippen LogP contribution is -2.15. The summed E-state index contributed by atoms with van der Waals surface area (Å²) in [4.78, 5) is 11.4. The molecule has 5 heteroatoms. The van der Waals surface area contributed by atoms with Crippen LogP contribution >= 0.6 is 0 Å². The molecule has 1 unspecified atom stereocenters. The van der Waals surface area contributed by atoms with Crippen LogP contribution in [0, 0.1) is 5.92 Å². The molecule has 1 aromatic heterocycles. The van der Waals surface area contributed by atoms with Crippen LogP contribution in [0.1, 0.15) is 26.7 Å². The number of H-pyrrole nitrogens is 1. The van der Waals surface area contributed by atoms with E-state index in [-0.39, 0.29) is 5.91 Å². The van der Waals surface area contributed by atoms with Gasteiger partial charge in [0.1, 0.15) is 0 Å².